The number of ketones is 1. The summed E-state index contributed by atoms with van der Waals surface area (Å²) in [4.78, 5) is 25.3. The van der Waals surface area contributed by atoms with E-state index in [1.54, 1.807) is 6.07 Å². The van der Waals surface area contributed by atoms with Gasteiger partial charge in [-0.05, 0) is 17.7 Å². The second-order valence-electron chi connectivity index (χ2n) is 4.35. The van der Waals surface area contributed by atoms with Gasteiger partial charge in [0.1, 0.15) is 5.92 Å². The lowest BCUT2D eigenvalue weighted by atomic mass is 9.98. The number of carbonyl (C=O) groups excluding carboxylic acids is 2. The van der Waals surface area contributed by atoms with E-state index in [1.165, 1.54) is 18.4 Å². The largest absolute Gasteiger partial charge is 0.468 e. The molecule has 0 aliphatic rings. The second-order valence-corrected chi connectivity index (χ2v) is 5.46. The highest BCUT2D eigenvalue weighted by molar-refractivity contribution is 7.14. The van der Waals surface area contributed by atoms with E-state index in [9.17, 15) is 9.59 Å². The molecule has 20 heavy (non-hydrogen) atoms. The number of Topliss-reactive ketones (excluding diaryl/α,β-unsaturated/α-hetero) is 1. The fourth-order valence-corrected chi connectivity index (χ4v) is 3.15. The number of thiophene rings is 1. The molecular formula is C16H16O3S. The van der Waals surface area contributed by atoms with E-state index in [1.807, 2.05) is 43.3 Å². The van der Waals surface area contributed by atoms with Crippen LogP contribution in [0.5, 0.6) is 0 Å². The smallest absolute Gasteiger partial charge is 0.318 e. The number of esters is 1. The van der Waals surface area contributed by atoms with Gasteiger partial charge < -0.3 is 4.74 Å². The van der Waals surface area contributed by atoms with Crippen LogP contribution in [0.2, 0.25) is 0 Å². The van der Waals surface area contributed by atoms with Crippen LogP contribution in [-0.2, 0) is 9.53 Å². The number of hydrogen-bond donors (Lipinski definition) is 0. The van der Waals surface area contributed by atoms with Crippen LogP contribution >= 0.6 is 11.3 Å². The third-order valence-electron chi connectivity index (χ3n) is 3.08. The van der Waals surface area contributed by atoms with E-state index in [0.29, 0.717) is 11.3 Å². The zero-order valence-electron chi connectivity index (χ0n) is 11.5. The summed E-state index contributed by atoms with van der Waals surface area (Å²) in [5.41, 5.74) is 0.872. The zero-order chi connectivity index (χ0) is 14.5. The number of methoxy groups -OCH3 is 1. The van der Waals surface area contributed by atoms with Gasteiger partial charge in [-0.2, -0.15) is 0 Å². The summed E-state index contributed by atoms with van der Waals surface area (Å²) in [7, 11) is 1.38. The minimum absolute atomic E-state index is 0.0953. The molecule has 1 aromatic heterocycles. The average Bonchev–Trinajstić information content (AvgIpc) is 2.97. The Labute approximate surface area is 122 Å². The van der Waals surface area contributed by atoms with Gasteiger partial charge in [0.05, 0.1) is 12.0 Å². The Morgan fingerprint density at radius 2 is 1.85 bits per heavy atom. The Morgan fingerprint density at radius 1 is 1.15 bits per heavy atom. The molecular weight excluding hydrogens is 272 g/mol. The molecule has 0 radical (unpaired) electrons. The van der Waals surface area contributed by atoms with Crippen molar-refractivity contribution in [3.63, 3.8) is 0 Å². The molecule has 0 bridgehead atoms. The van der Waals surface area contributed by atoms with Crippen molar-refractivity contribution in [3.8, 4) is 0 Å². The van der Waals surface area contributed by atoms with E-state index >= 15 is 0 Å². The molecule has 1 aromatic carbocycles. The number of carbonyl (C=O) groups is 2. The van der Waals surface area contributed by atoms with E-state index in [-0.39, 0.29) is 11.8 Å². The molecule has 0 saturated heterocycles. The van der Waals surface area contributed by atoms with Crippen LogP contribution in [0.15, 0.2) is 42.5 Å². The zero-order valence-corrected chi connectivity index (χ0v) is 12.3. The third kappa shape index (κ3) is 2.96. The summed E-state index contributed by atoms with van der Waals surface area (Å²) in [5.74, 6) is -0.684. The SMILES string of the molecule is CCC(=O)c1ccc(C(C(=O)OC)c2ccccc2)s1. The van der Waals surface area contributed by atoms with Crippen LogP contribution in [0.3, 0.4) is 0 Å². The Kier molecular flexibility index (Phi) is 4.69. The molecule has 4 heteroatoms. The van der Waals surface area contributed by atoms with Crippen molar-refractivity contribution in [2.24, 2.45) is 0 Å². The summed E-state index contributed by atoms with van der Waals surface area (Å²) in [6.07, 6.45) is 0.466. The first-order valence-electron chi connectivity index (χ1n) is 6.43. The fourth-order valence-electron chi connectivity index (χ4n) is 2.01. The normalized spacial score (nSPS) is 11.9. The van der Waals surface area contributed by atoms with Gasteiger partial charge in [0.15, 0.2) is 5.78 Å². The molecule has 0 N–H and O–H groups in total. The Hall–Kier alpha value is -1.94. The molecule has 1 unspecified atom stereocenters. The molecule has 104 valence electrons. The van der Waals surface area contributed by atoms with Gasteiger partial charge in [0.2, 0.25) is 0 Å². The first-order valence-corrected chi connectivity index (χ1v) is 7.24. The van der Waals surface area contributed by atoms with Crippen LogP contribution < -0.4 is 0 Å². The molecule has 2 rings (SSSR count). The van der Waals surface area contributed by atoms with Crippen LogP contribution in [0.25, 0.3) is 0 Å². The molecule has 0 spiro atoms. The predicted molar refractivity (Wildman–Crippen MR) is 79.2 cm³/mol. The van der Waals surface area contributed by atoms with Gasteiger partial charge in [-0.3, -0.25) is 9.59 Å². The standard InChI is InChI=1S/C16H16O3S/c1-3-12(17)13-9-10-14(20-13)15(16(18)19-2)11-7-5-4-6-8-11/h4-10,15H,3H2,1-2H3. The predicted octanol–water partition coefficient (Wildman–Crippen LogP) is 3.65. The number of rotatable bonds is 5. The van der Waals surface area contributed by atoms with Crippen molar-refractivity contribution in [2.75, 3.05) is 7.11 Å². The summed E-state index contributed by atoms with van der Waals surface area (Å²) < 4.78 is 4.90. The highest BCUT2D eigenvalue weighted by atomic mass is 32.1. The molecule has 0 aliphatic heterocycles. The Balaban J connectivity index is 2.40. The van der Waals surface area contributed by atoms with Gasteiger partial charge in [-0.25, -0.2) is 0 Å². The fraction of sp³-hybridized carbons (Fsp3) is 0.250. The molecule has 1 heterocycles. The van der Waals surface area contributed by atoms with E-state index < -0.39 is 5.92 Å². The Bertz CT molecular complexity index is 601. The molecule has 0 saturated carbocycles. The number of ether oxygens (including phenoxy) is 1. The van der Waals surface area contributed by atoms with Crippen molar-refractivity contribution < 1.29 is 14.3 Å². The topological polar surface area (TPSA) is 43.4 Å². The van der Waals surface area contributed by atoms with Gasteiger partial charge in [0, 0.05) is 11.3 Å². The maximum Gasteiger partial charge on any atom is 0.318 e. The Morgan fingerprint density at radius 3 is 2.45 bits per heavy atom. The van der Waals surface area contributed by atoms with Gasteiger partial charge in [-0.1, -0.05) is 37.3 Å². The first-order chi connectivity index (χ1) is 9.67. The van der Waals surface area contributed by atoms with E-state index in [0.717, 1.165) is 10.4 Å². The van der Waals surface area contributed by atoms with Gasteiger partial charge in [0.25, 0.3) is 0 Å². The summed E-state index contributed by atoms with van der Waals surface area (Å²) >= 11 is 1.36. The highest BCUT2D eigenvalue weighted by Crippen LogP contribution is 2.32. The highest BCUT2D eigenvalue weighted by Gasteiger charge is 2.25. The number of hydrogen-bond acceptors (Lipinski definition) is 4. The van der Waals surface area contributed by atoms with Crippen molar-refractivity contribution in [3.05, 3.63) is 57.8 Å². The van der Waals surface area contributed by atoms with E-state index in [2.05, 4.69) is 0 Å². The van der Waals surface area contributed by atoms with Crippen molar-refractivity contribution in [1.82, 2.24) is 0 Å². The second kappa shape index (κ2) is 6.48. The van der Waals surface area contributed by atoms with Crippen LogP contribution in [-0.4, -0.2) is 18.9 Å². The van der Waals surface area contributed by atoms with Gasteiger partial charge >= 0.3 is 5.97 Å². The van der Waals surface area contributed by atoms with Crippen LogP contribution in [0.4, 0.5) is 0 Å². The number of benzene rings is 1. The van der Waals surface area contributed by atoms with Gasteiger partial charge in [-0.15, -0.1) is 11.3 Å². The monoisotopic (exact) mass is 288 g/mol. The molecule has 1 atom stereocenters. The van der Waals surface area contributed by atoms with E-state index in [4.69, 9.17) is 4.74 Å². The molecule has 0 fully saturated rings. The molecule has 0 amide bonds. The minimum Gasteiger partial charge on any atom is -0.468 e. The van der Waals surface area contributed by atoms with Crippen molar-refractivity contribution in [2.45, 2.75) is 19.3 Å². The lowest BCUT2D eigenvalue weighted by molar-refractivity contribution is -0.141. The van der Waals surface area contributed by atoms with Crippen LogP contribution in [0.1, 0.15) is 39.4 Å². The summed E-state index contributed by atoms with van der Waals surface area (Å²) in [6.45, 7) is 1.83. The molecule has 0 aliphatic carbocycles. The molecule has 2 aromatic rings. The lowest BCUT2D eigenvalue weighted by Gasteiger charge is -2.13. The lowest BCUT2D eigenvalue weighted by Crippen LogP contribution is -2.14. The minimum atomic E-state index is -0.468. The van der Waals surface area contributed by atoms with Crippen LogP contribution in [0, 0.1) is 0 Å². The summed E-state index contributed by atoms with van der Waals surface area (Å²) in [5, 5.41) is 0. The average molecular weight is 288 g/mol. The third-order valence-corrected chi connectivity index (χ3v) is 4.27. The van der Waals surface area contributed by atoms with Crippen molar-refractivity contribution in [1.29, 1.82) is 0 Å². The summed E-state index contributed by atoms with van der Waals surface area (Å²) in [6, 6.07) is 13.1. The maximum atomic E-state index is 12.1. The molecule has 3 nitrogen and oxygen atoms in total. The first kappa shape index (κ1) is 14.5. The van der Waals surface area contributed by atoms with Crippen molar-refractivity contribution >= 4 is 23.1 Å². The quantitative estimate of drug-likeness (QED) is 0.623. The maximum absolute atomic E-state index is 12.1.